The smallest absolute Gasteiger partial charge is 0.352 e. The normalized spacial score (nSPS) is 14.1. The highest BCUT2D eigenvalue weighted by Crippen LogP contribution is 2.32. The number of aryl methyl sites for hydroxylation is 1. The Labute approximate surface area is 183 Å². The Kier molecular flexibility index (Phi) is 5.26. The van der Waals surface area contributed by atoms with Gasteiger partial charge in [-0.2, -0.15) is 10.2 Å². The average molecular weight is 436 g/mol. The van der Waals surface area contributed by atoms with E-state index in [1.54, 1.807) is 17.6 Å². The average Bonchev–Trinajstić information content (AvgIpc) is 2.99. The molecule has 164 valence electrons. The van der Waals surface area contributed by atoms with Gasteiger partial charge in [0, 0.05) is 13.1 Å². The number of aromatic nitrogens is 4. The molecule has 1 aliphatic heterocycles. The molecule has 0 bridgehead atoms. The maximum atomic E-state index is 14.7. The third-order valence-corrected chi connectivity index (χ3v) is 5.35. The first-order valence-electron chi connectivity index (χ1n) is 9.85. The van der Waals surface area contributed by atoms with Crippen LogP contribution in [0, 0.1) is 24.1 Å². The first-order valence-corrected chi connectivity index (χ1v) is 9.85. The summed E-state index contributed by atoms with van der Waals surface area (Å²) in [6.45, 7) is 6.21. The quantitative estimate of drug-likeness (QED) is 0.601. The lowest BCUT2D eigenvalue weighted by molar-refractivity contribution is 0.290. The summed E-state index contributed by atoms with van der Waals surface area (Å²) in [5.41, 5.74) is -0.256. The van der Waals surface area contributed by atoms with Crippen LogP contribution in [0.1, 0.15) is 30.8 Å². The summed E-state index contributed by atoms with van der Waals surface area (Å²) in [5, 5.41) is 9.46. The van der Waals surface area contributed by atoms with Gasteiger partial charge < -0.3 is 14.4 Å². The highest BCUT2D eigenvalue weighted by atomic mass is 19.1. The lowest BCUT2D eigenvalue weighted by Crippen LogP contribution is -2.38. The Hall–Kier alpha value is -4.00. The molecular weight excluding hydrogens is 415 g/mol. The maximum Gasteiger partial charge on any atom is 0.352 e. The second-order valence-electron chi connectivity index (χ2n) is 8.12. The number of fused-ring (bicyclic) bond motifs is 1. The summed E-state index contributed by atoms with van der Waals surface area (Å²) >= 11 is 0. The fourth-order valence-electron chi connectivity index (χ4n) is 3.41. The number of likely N-dealkylation sites (N-methyl/N-ethyl adjacent to an activating group) is 1. The molecule has 2 aromatic heterocycles. The van der Waals surface area contributed by atoms with Crippen LogP contribution < -0.4 is 20.1 Å². The Morgan fingerprint density at radius 1 is 1.25 bits per heavy atom. The Balaban J connectivity index is 1.55. The van der Waals surface area contributed by atoms with Crippen molar-refractivity contribution in [3.63, 3.8) is 0 Å². The van der Waals surface area contributed by atoms with Gasteiger partial charge in [-0.15, -0.1) is 0 Å². The molecule has 0 radical (unpaired) electrons. The zero-order valence-corrected chi connectivity index (χ0v) is 18.1. The maximum absolute atomic E-state index is 14.7. The van der Waals surface area contributed by atoms with E-state index in [0.717, 1.165) is 0 Å². The summed E-state index contributed by atoms with van der Waals surface area (Å²) in [5.74, 6) is 0.623. The summed E-state index contributed by atoms with van der Waals surface area (Å²) < 4.78 is 27.4. The van der Waals surface area contributed by atoms with Crippen LogP contribution in [0.4, 0.5) is 10.2 Å². The van der Waals surface area contributed by atoms with Gasteiger partial charge in [0.25, 0.3) is 0 Å². The van der Waals surface area contributed by atoms with Gasteiger partial charge in [0.15, 0.2) is 17.3 Å². The second-order valence-corrected chi connectivity index (χ2v) is 8.12. The number of nitriles is 1. The molecular formula is C22H21FN6O3. The lowest BCUT2D eigenvalue weighted by atomic mass is 10.1. The molecule has 3 heterocycles. The van der Waals surface area contributed by atoms with E-state index in [-0.39, 0.29) is 35.1 Å². The van der Waals surface area contributed by atoms with Crippen molar-refractivity contribution in [2.75, 3.05) is 11.9 Å². The first kappa shape index (κ1) is 21.2. The van der Waals surface area contributed by atoms with Gasteiger partial charge in [0.1, 0.15) is 24.3 Å². The fourth-order valence-corrected chi connectivity index (χ4v) is 3.41. The van der Waals surface area contributed by atoms with Crippen LogP contribution in [0.2, 0.25) is 0 Å². The Morgan fingerprint density at radius 3 is 2.66 bits per heavy atom. The molecule has 10 heteroatoms. The van der Waals surface area contributed by atoms with Crippen LogP contribution >= 0.6 is 0 Å². The third-order valence-electron chi connectivity index (χ3n) is 5.35. The van der Waals surface area contributed by atoms with Gasteiger partial charge >= 0.3 is 5.69 Å². The summed E-state index contributed by atoms with van der Waals surface area (Å²) in [6, 6.07) is 6.27. The molecule has 0 saturated carbocycles. The van der Waals surface area contributed by atoms with Crippen molar-refractivity contribution in [2.24, 2.45) is 0 Å². The van der Waals surface area contributed by atoms with Crippen LogP contribution in [0.3, 0.4) is 0 Å². The van der Waals surface area contributed by atoms with Gasteiger partial charge in [0.05, 0.1) is 30.0 Å². The predicted molar refractivity (Wildman–Crippen MR) is 113 cm³/mol. The van der Waals surface area contributed by atoms with Crippen LogP contribution in [-0.4, -0.2) is 32.1 Å². The number of hydrogen-bond donors (Lipinski definition) is 0. The lowest BCUT2D eigenvalue weighted by Gasteiger charge is -2.28. The van der Waals surface area contributed by atoms with Gasteiger partial charge in [-0.3, -0.25) is 4.57 Å². The van der Waals surface area contributed by atoms with Gasteiger partial charge in [-0.05, 0) is 38.5 Å². The molecule has 0 saturated heterocycles. The van der Waals surface area contributed by atoms with E-state index in [1.165, 1.54) is 24.5 Å². The van der Waals surface area contributed by atoms with E-state index in [4.69, 9.17) is 9.47 Å². The molecule has 9 nitrogen and oxygen atoms in total. The minimum atomic E-state index is -0.730. The molecule has 0 aliphatic carbocycles. The monoisotopic (exact) mass is 436 g/mol. The first-order chi connectivity index (χ1) is 15.2. The second kappa shape index (κ2) is 7.92. The van der Waals surface area contributed by atoms with Crippen molar-refractivity contribution in [3.8, 4) is 23.4 Å². The zero-order chi connectivity index (χ0) is 23.0. The molecule has 0 N–H and O–H groups in total. The highest BCUT2D eigenvalue weighted by molar-refractivity contribution is 5.49. The molecule has 1 aliphatic rings. The van der Waals surface area contributed by atoms with Crippen LogP contribution in [-0.2, 0) is 13.2 Å². The van der Waals surface area contributed by atoms with E-state index in [0.29, 0.717) is 23.8 Å². The third kappa shape index (κ3) is 3.97. The Morgan fingerprint density at radius 2 is 1.97 bits per heavy atom. The predicted octanol–water partition coefficient (Wildman–Crippen LogP) is 2.95. The number of ether oxygens (including phenoxy) is 2. The molecule has 0 fully saturated rings. The van der Waals surface area contributed by atoms with Crippen LogP contribution in [0.15, 0.2) is 35.4 Å². The topological polar surface area (TPSA) is 106 Å². The molecule has 3 aromatic rings. The van der Waals surface area contributed by atoms with E-state index in [9.17, 15) is 14.4 Å². The minimum Gasteiger partial charge on any atom is -0.473 e. The van der Waals surface area contributed by atoms with E-state index < -0.39 is 11.5 Å². The standard InChI is InChI=1S/C22H21FN6O3/c1-13-25-9-16(10-26-13)32-20-15(8-24)5-14(6-17(20)23)11-31-18-7-19-28(4)22(2,3)12-29(19)21(30)27-18/h5-7,9-10H,11-12H2,1-4H3. The molecule has 0 atom stereocenters. The van der Waals surface area contributed by atoms with Gasteiger partial charge in [0.2, 0.25) is 5.88 Å². The number of halogens is 1. The number of nitrogens with zero attached hydrogens (tertiary/aromatic N) is 6. The Bertz CT molecular complexity index is 1280. The molecule has 0 amide bonds. The van der Waals surface area contributed by atoms with Crippen LogP contribution in [0.5, 0.6) is 17.4 Å². The largest absolute Gasteiger partial charge is 0.473 e. The van der Waals surface area contributed by atoms with Crippen molar-refractivity contribution in [1.29, 1.82) is 5.26 Å². The molecule has 32 heavy (non-hydrogen) atoms. The number of rotatable bonds is 5. The zero-order valence-electron chi connectivity index (χ0n) is 18.1. The van der Waals surface area contributed by atoms with Crippen LogP contribution in [0.25, 0.3) is 0 Å². The highest BCUT2D eigenvalue weighted by Gasteiger charge is 2.34. The molecule has 4 rings (SSSR count). The molecule has 1 aromatic carbocycles. The number of hydrogen-bond acceptors (Lipinski definition) is 8. The van der Waals surface area contributed by atoms with Crippen molar-refractivity contribution in [1.82, 2.24) is 19.5 Å². The van der Waals surface area contributed by atoms with Crippen molar-refractivity contribution in [2.45, 2.75) is 39.5 Å². The molecule has 0 unspecified atom stereocenters. The van der Waals surface area contributed by atoms with E-state index >= 15 is 0 Å². The number of benzene rings is 1. The fraction of sp³-hybridized carbons (Fsp3) is 0.318. The van der Waals surface area contributed by atoms with Gasteiger partial charge in [-0.1, -0.05) is 0 Å². The summed E-state index contributed by atoms with van der Waals surface area (Å²) in [6.07, 6.45) is 2.80. The summed E-state index contributed by atoms with van der Waals surface area (Å²) in [7, 11) is 1.90. The van der Waals surface area contributed by atoms with E-state index in [1.807, 2.05) is 31.9 Å². The SMILES string of the molecule is Cc1ncc(Oc2c(F)cc(COc3cc4n(c(=O)n3)CC(C)(C)N4C)cc2C#N)cn1. The van der Waals surface area contributed by atoms with Crippen molar-refractivity contribution >= 4 is 5.82 Å². The minimum absolute atomic E-state index is 0.00681. The number of anilines is 1. The summed E-state index contributed by atoms with van der Waals surface area (Å²) in [4.78, 5) is 26.3. The van der Waals surface area contributed by atoms with E-state index in [2.05, 4.69) is 15.0 Å². The molecule has 0 spiro atoms. The van der Waals surface area contributed by atoms with Crippen molar-refractivity contribution in [3.05, 3.63) is 63.8 Å². The van der Waals surface area contributed by atoms with Crippen molar-refractivity contribution < 1.29 is 13.9 Å². The van der Waals surface area contributed by atoms with Gasteiger partial charge in [-0.25, -0.2) is 19.2 Å².